The Balaban J connectivity index is 1.83. The van der Waals surface area contributed by atoms with Gasteiger partial charge in [-0.3, -0.25) is 14.5 Å². The molecule has 3 aromatic rings. The van der Waals surface area contributed by atoms with Gasteiger partial charge in [0.15, 0.2) is 10.9 Å². The maximum Gasteiger partial charge on any atom is 0.230 e. The summed E-state index contributed by atoms with van der Waals surface area (Å²) in [6.07, 6.45) is 4.79. The first-order valence-electron chi connectivity index (χ1n) is 8.99. The number of ether oxygens (including phenoxy) is 1. The summed E-state index contributed by atoms with van der Waals surface area (Å²) in [6, 6.07) is 8.14. The Kier molecular flexibility index (Phi) is 7.19. The van der Waals surface area contributed by atoms with Crippen molar-refractivity contribution < 1.29 is 23.1 Å². The van der Waals surface area contributed by atoms with E-state index < -0.39 is 17.5 Å². The zero-order valence-electron chi connectivity index (χ0n) is 16.9. The fraction of sp³-hybridized carbons (Fsp3) is 0.136. The molecular weight excluding hydrogens is 442 g/mol. The molecule has 0 spiro atoms. The summed E-state index contributed by atoms with van der Waals surface area (Å²) < 4.78 is 32.7. The Labute approximate surface area is 186 Å². The van der Waals surface area contributed by atoms with Crippen LogP contribution in [0.15, 0.2) is 52.7 Å². The molecule has 0 saturated carbocycles. The molecule has 0 fully saturated rings. The first kappa shape index (κ1) is 22.6. The Morgan fingerprint density at radius 3 is 2.61 bits per heavy atom. The van der Waals surface area contributed by atoms with Gasteiger partial charge in [-0.2, -0.15) is 0 Å². The molecule has 0 bridgehead atoms. The molecule has 0 aliphatic carbocycles. The summed E-state index contributed by atoms with van der Waals surface area (Å²) in [5.74, 6) is -1.73. The third-order valence-corrected chi connectivity index (χ3v) is 5.86. The zero-order valence-corrected chi connectivity index (χ0v) is 18.5. The Bertz CT molecular complexity index is 1160. The third-order valence-electron chi connectivity index (χ3n) is 4.24. The molecule has 2 aromatic carbocycles. The average Bonchev–Trinajstić information content (AvgIpc) is 3.21. The number of nitrogens with zero attached hydrogens (tertiary/aromatic N) is 2. The molecule has 5 nitrogen and oxygen atoms in total. The van der Waals surface area contributed by atoms with E-state index in [4.69, 9.17) is 4.74 Å². The molecule has 0 N–H and O–H groups in total. The van der Waals surface area contributed by atoms with Crippen molar-refractivity contribution in [2.75, 3.05) is 18.3 Å². The quantitative estimate of drug-likeness (QED) is 0.256. The van der Waals surface area contributed by atoms with Gasteiger partial charge in [0.25, 0.3) is 0 Å². The van der Waals surface area contributed by atoms with Crippen molar-refractivity contribution in [3.05, 3.63) is 70.7 Å². The molecular formula is C22H18F2N2O3S2. The highest BCUT2D eigenvalue weighted by Gasteiger charge is 2.21. The predicted molar refractivity (Wildman–Crippen MR) is 119 cm³/mol. The minimum atomic E-state index is -0.875. The molecule has 0 atom stereocenters. The maximum absolute atomic E-state index is 14.2. The summed E-state index contributed by atoms with van der Waals surface area (Å²) in [5, 5.41) is 1.84. The van der Waals surface area contributed by atoms with Crippen molar-refractivity contribution in [1.82, 2.24) is 4.98 Å². The van der Waals surface area contributed by atoms with Crippen LogP contribution in [0.4, 0.5) is 19.6 Å². The van der Waals surface area contributed by atoms with Crippen LogP contribution >= 0.6 is 23.1 Å². The van der Waals surface area contributed by atoms with Crippen molar-refractivity contribution in [3.8, 4) is 5.75 Å². The van der Waals surface area contributed by atoms with Gasteiger partial charge >= 0.3 is 0 Å². The van der Waals surface area contributed by atoms with Crippen LogP contribution < -0.4 is 9.64 Å². The van der Waals surface area contributed by atoms with Crippen LogP contribution in [-0.4, -0.2) is 30.0 Å². The monoisotopic (exact) mass is 460 g/mol. The minimum absolute atomic E-state index is 0.101. The third kappa shape index (κ3) is 5.18. The lowest BCUT2D eigenvalue weighted by Crippen LogP contribution is -2.23. The first-order valence-corrected chi connectivity index (χ1v) is 11.1. The second-order valence-electron chi connectivity index (χ2n) is 6.27. The van der Waals surface area contributed by atoms with Gasteiger partial charge < -0.3 is 4.74 Å². The number of amides is 1. The molecule has 0 saturated heterocycles. The summed E-state index contributed by atoms with van der Waals surface area (Å²) in [5.41, 5.74) is 0.783. The molecule has 0 radical (unpaired) electrons. The smallest absolute Gasteiger partial charge is 0.230 e. The number of rotatable bonds is 7. The summed E-state index contributed by atoms with van der Waals surface area (Å²) in [6.45, 7) is 1.26. The molecule has 0 unspecified atom stereocenters. The number of benzene rings is 2. The number of aromatic nitrogens is 1. The van der Waals surface area contributed by atoms with Crippen LogP contribution in [0.25, 0.3) is 6.08 Å². The number of allylic oxidation sites excluding steroid dienone is 1. The molecule has 9 heteroatoms. The van der Waals surface area contributed by atoms with Crippen LogP contribution in [0.3, 0.4) is 0 Å². The highest BCUT2D eigenvalue weighted by Crippen LogP contribution is 2.32. The number of halogens is 2. The number of hydrogen-bond acceptors (Lipinski definition) is 6. The highest BCUT2D eigenvalue weighted by molar-refractivity contribution is 7.98. The molecule has 1 amide bonds. The number of carbonyl (C=O) groups excluding carboxylic acids is 2. The highest BCUT2D eigenvalue weighted by atomic mass is 32.2. The van der Waals surface area contributed by atoms with Gasteiger partial charge in [0, 0.05) is 28.8 Å². The van der Waals surface area contributed by atoms with Crippen molar-refractivity contribution in [3.63, 3.8) is 0 Å². The number of hydrogen-bond donors (Lipinski definition) is 0. The van der Waals surface area contributed by atoms with E-state index in [1.165, 1.54) is 36.9 Å². The SMILES string of the molecule is COc1cc(C(=O)/C=C/c2csc(N(C(C)=O)c3ccc(F)cc3F)n2)ccc1SC. The van der Waals surface area contributed by atoms with Crippen LogP contribution in [0.1, 0.15) is 23.0 Å². The van der Waals surface area contributed by atoms with Crippen molar-refractivity contribution in [2.24, 2.45) is 0 Å². The fourth-order valence-electron chi connectivity index (χ4n) is 2.77. The number of methoxy groups -OCH3 is 1. The minimum Gasteiger partial charge on any atom is -0.496 e. The van der Waals surface area contributed by atoms with Crippen LogP contribution in [0.5, 0.6) is 5.75 Å². The van der Waals surface area contributed by atoms with E-state index in [9.17, 15) is 18.4 Å². The standard InChI is InChI=1S/C22H18F2N2O3S2/c1-13(27)26(18-7-5-15(23)11-17(18)24)22-25-16(12-31-22)6-8-19(28)14-4-9-21(30-3)20(10-14)29-2/h4-12H,1-3H3/b8-6+. The van der Waals surface area contributed by atoms with E-state index in [0.29, 0.717) is 23.1 Å². The van der Waals surface area contributed by atoms with Crippen molar-refractivity contribution in [1.29, 1.82) is 0 Å². The predicted octanol–water partition coefficient (Wildman–Crippen LogP) is 5.73. The van der Waals surface area contributed by atoms with Crippen LogP contribution in [0, 0.1) is 11.6 Å². The number of ketones is 1. The topological polar surface area (TPSA) is 59.5 Å². The van der Waals surface area contributed by atoms with Gasteiger partial charge in [-0.15, -0.1) is 23.1 Å². The molecule has 1 aromatic heterocycles. The van der Waals surface area contributed by atoms with Crippen molar-refractivity contribution >= 4 is 51.7 Å². The number of anilines is 2. The van der Waals surface area contributed by atoms with E-state index in [1.54, 1.807) is 24.6 Å². The Morgan fingerprint density at radius 2 is 1.97 bits per heavy atom. The lowest BCUT2D eigenvalue weighted by Gasteiger charge is -2.18. The molecule has 31 heavy (non-hydrogen) atoms. The lowest BCUT2D eigenvalue weighted by atomic mass is 10.1. The summed E-state index contributed by atoms with van der Waals surface area (Å²) in [7, 11) is 1.54. The summed E-state index contributed by atoms with van der Waals surface area (Å²) >= 11 is 2.62. The van der Waals surface area contributed by atoms with E-state index in [2.05, 4.69) is 4.98 Å². The van der Waals surface area contributed by atoms with Gasteiger partial charge in [-0.25, -0.2) is 13.8 Å². The summed E-state index contributed by atoms with van der Waals surface area (Å²) in [4.78, 5) is 30.9. The van der Waals surface area contributed by atoms with Gasteiger partial charge in [-0.05, 0) is 48.7 Å². The van der Waals surface area contributed by atoms with Gasteiger partial charge in [0.2, 0.25) is 5.91 Å². The normalized spacial score (nSPS) is 11.0. The second-order valence-corrected chi connectivity index (χ2v) is 7.96. The fourth-order valence-corrected chi connectivity index (χ4v) is 4.17. The van der Waals surface area contributed by atoms with E-state index in [0.717, 1.165) is 27.2 Å². The van der Waals surface area contributed by atoms with Gasteiger partial charge in [0.1, 0.15) is 17.4 Å². The Morgan fingerprint density at radius 1 is 1.19 bits per heavy atom. The maximum atomic E-state index is 14.2. The number of thioether (sulfide) groups is 1. The number of thiazole rings is 1. The molecule has 3 rings (SSSR count). The van der Waals surface area contributed by atoms with E-state index in [-0.39, 0.29) is 16.6 Å². The lowest BCUT2D eigenvalue weighted by molar-refractivity contribution is -0.115. The number of carbonyl (C=O) groups is 2. The Hall–Kier alpha value is -3.04. The zero-order chi connectivity index (χ0) is 22.5. The molecule has 0 aliphatic rings. The molecule has 1 heterocycles. The van der Waals surface area contributed by atoms with Gasteiger partial charge in [0.05, 0.1) is 18.5 Å². The van der Waals surface area contributed by atoms with Crippen molar-refractivity contribution in [2.45, 2.75) is 11.8 Å². The van der Waals surface area contributed by atoms with Crippen LogP contribution in [0.2, 0.25) is 0 Å². The molecule has 0 aliphatic heterocycles. The second kappa shape index (κ2) is 9.84. The first-order chi connectivity index (χ1) is 14.8. The van der Waals surface area contributed by atoms with E-state index >= 15 is 0 Å². The average molecular weight is 461 g/mol. The van der Waals surface area contributed by atoms with Gasteiger partial charge in [-0.1, -0.05) is 0 Å². The molecule has 160 valence electrons. The van der Waals surface area contributed by atoms with Crippen LogP contribution in [-0.2, 0) is 4.79 Å². The van der Waals surface area contributed by atoms with E-state index in [1.807, 2.05) is 12.3 Å². The largest absolute Gasteiger partial charge is 0.496 e.